The number of anilines is 1. The molecule has 1 aromatic rings. The Balaban J connectivity index is 0.00000128. The molecule has 1 saturated heterocycles. The predicted octanol–water partition coefficient (Wildman–Crippen LogP) is 2.70. The van der Waals surface area contributed by atoms with Crippen LogP contribution in [-0.2, 0) is 0 Å². The normalized spacial score (nSPS) is 20.4. The minimum absolute atomic E-state index is 0. The van der Waals surface area contributed by atoms with Gasteiger partial charge in [-0.2, -0.15) is 0 Å². The van der Waals surface area contributed by atoms with E-state index in [0.717, 1.165) is 25.3 Å². The SMILES string of the molecule is C[C@H]1CNCCN1c1cc(F)cc(Cl)c1.Cl. The molecule has 1 atom stereocenters. The summed E-state index contributed by atoms with van der Waals surface area (Å²) in [6.45, 7) is 4.86. The lowest BCUT2D eigenvalue weighted by atomic mass is 10.2. The lowest BCUT2D eigenvalue weighted by Gasteiger charge is -2.36. The average molecular weight is 265 g/mol. The molecular formula is C11H15Cl2FN2. The van der Waals surface area contributed by atoms with Crippen molar-refractivity contribution < 1.29 is 4.39 Å². The second kappa shape index (κ2) is 5.71. The summed E-state index contributed by atoms with van der Waals surface area (Å²) in [5.41, 5.74) is 0.869. The Hall–Kier alpha value is -0.510. The standard InChI is InChI=1S/C11H14ClFN2.ClH/c1-8-7-14-2-3-15(8)11-5-9(12)4-10(13)6-11;/h4-6,8,14H,2-3,7H2,1H3;1H/t8-;/m0./s1. The van der Waals surface area contributed by atoms with E-state index in [1.54, 1.807) is 0 Å². The Morgan fingerprint density at radius 3 is 2.81 bits per heavy atom. The van der Waals surface area contributed by atoms with E-state index in [2.05, 4.69) is 17.1 Å². The molecular weight excluding hydrogens is 250 g/mol. The highest BCUT2D eigenvalue weighted by atomic mass is 35.5. The molecule has 0 saturated carbocycles. The van der Waals surface area contributed by atoms with Crippen LogP contribution in [-0.4, -0.2) is 25.7 Å². The van der Waals surface area contributed by atoms with Crippen LogP contribution in [0.2, 0.25) is 5.02 Å². The number of halogens is 3. The van der Waals surface area contributed by atoms with E-state index in [-0.39, 0.29) is 18.2 Å². The first-order valence-corrected chi connectivity index (χ1v) is 5.48. The van der Waals surface area contributed by atoms with Gasteiger partial charge in [0.05, 0.1) is 0 Å². The van der Waals surface area contributed by atoms with Gasteiger partial charge in [-0.05, 0) is 25.1 Å². The van der Waals surface area contributed by atoms with Gasteiger partial charge >= 0.3 is 0 Å². The van der Waals surface area contributed by atoms with Crippen LogP contribution in [0.1, 0.15) is 6.92 Å². The van der Waals surface area contributed by atoms with Crippen molar-refractivity contribution in [3.05, 3.63) is 29.0 Å². The molecule has 1 N–H and O–H groups in total. The first-order valence-electron chi connectivity index (χ1n) is 5.10. The highest BCUT2D eigenvalue weighted by Gasteiger charge is 2.18. The molecule has 16 heavy (non-hydrogen) atoms. The lowest BCUT2D eigenvalue weighted by Crippen LogP contribution is -2.49. The molecule has 2 nitrogen and oxygen atoms in total. The second-order valence-corrected chi connectivity index (χ2v) is 4.31. The number of hydrogen-bond acceptors (Lipinski definition) is 2. The van der Waals surface area contributed by atoms with E-state index in [9.17, 15) is 4.39 Å². The smallest absolute Gasteiger partial charge is 0.126 e. The highest BCUT2D eigenvalue weighted by molar-refractivity contribution is 6.30. The summed E-state index contributed by atoms with van der Waals surface area (Å²) in [6.07, 6.45) is 0. The molecule has 90 valence electrons. The van der Waals surface area contributed by atoms with Gasteiger partial charge < -0.3 is 10.2 Å². The van der Waals surface area contributed by atoms with E-state index >= 15 is 0 Å². The Kier molecular flexibility index (Phi) is 4.84. The Morgan fingerprint density at radius 2 is 2.19 bits per heavy atom. The van der Waals surface area contributed by atoms with Gasteiger partial charge in [-0.3, -0.25) is 0 Å². The summed E-state index contributed by atoms with van der Waals surface area (Å²) < 4.78 is 13.2. The summed E-state index contributed by atoms with van der Waals surface area (Å²) in [5.74, 6) is -0.275. The zero-order valence-electron chi connectivity index (χ0n) is 9.04. The average Bonchev–Trinajstić information content (AvgIpc) is 2.16. The maximum Gasteiger partial charge on any atom is 0.126 e. The minimum atomic E-state index is -0.275. The monoisotopic (exact) mass is 264 g/mol. The predicted molar refractivity (Wildman–Crippen MR) is 68.3 cm³/mol. The number of piperazine rings is 1. The van der Waals surface area contributed by atoms with E-state index < -0.39 is 0 Å². The van der Waals surface area contributed by atoms with Crippen molar-refractivity contribution in [3.63, 3.8) is 0 Å². The molecule has 1 heterocycles. The molecule has 0 bridgehead atoms. The number of hydrogen-bond donors (Lipinski definition) is 1. The molecule has 0 radical (unpaired) electrons. The molecule has 1 fully saturated rings. The largest absolute Gasteiger partial charge is 0.366 e. The topological polar surface area (TPSA) is 15.3 Å². The third-order valence-corrected chi connectivity index (χ3v) is 2.90. The van der Waals surface area contributed by atoms with Crippen LogP contribution in [0.3, 0.4) is 0 Å². The Labute approximate surface area is 106 Å². The molecule has 0 aromatic heterocycles. The molecule has 0 aliphatic carbocycles. The molecule has 0 spiro atoms. The minimum Gasteiger partial charge on any atom is -0.366 e. The van der Waals surface area contributed by atoms with E-state index in [0.29, 0.717) is 11.1 Å². The molecule has 0 unspecified atom stereocenters. The van der Waals surface area contributed by atoms with Crippen molar-refractivity contribution in [1.82, 2.24) is 5.32 Å². The van der Waals surface area contributed by atoms with Crippen molar-refractivity contribution in [3.8, 4) is 0 Å². The summed E-state index contributed by atoms with van der Waals surface area (Å²) in [7, 11) is 0. The fourth-order valence-electron chi connectivity index (χ4n) is 1.93. The van der Waals surface area contributed by atoms with Crippen LogP contribution in [0, 0.1) is 5.82 Å². The number of nitrogens with one attached hydrogen (secondary N) is 1. The van der Waals surface area contributed by atoms with Crippen LogP contribution in [0.15, 0.2) is 18.2 Å². The van der Waals surface area contributed by atoms with Crippen LogP contribution >= 0.6 is 24.0 Å². The lowest BCUT2D eigenvalue weighted by molar-refractivity contribution is 0.499. The van der Waals surface area contributed by atoms with Gasteiger partial charge in [0.15, 0.2) is 0 Å². The van der Waals surface area contributed by atoms with Gasteiger partial charge in [0.25, 0.3) is 0 Å². The zero-order chi connectivity index (χ0) is 10.8. The third-order valence-electron chi connectivity index (χ3n) is 2.68. The first-order chi connectivity index (χ1) is 7.16. The quantitative estimate of drug-likeness (QED) is 0.839. The highest BCUT2D eigenvalue weighted by Crippen LogP contribution is 2.23. The maximum absolute atomic E-state index is 13.2. The summed E-state index contributed by atoms with van der Waals surface area (Å²) in [6, 6.07) is 5.05. The van der Waals surface area contributed by atoms with Crippen molar-refractivity contribution in [2.45, 2.75) is 13.0 Å². The summed E-state index contributed by atoms with van der Waals surface area (Å²) in [5, 5.41) is 3.75. The van der Waals surface area contributed by atoms with E-state index in [1.807, 2.05) is 6.07 Å². The second-order valence-electron chi connectivity index (χ2n) is 3.87. The molecule has 2 rings (SSSR count). The van der Waals surface area contributed by atoms with Crippen molar-refractivity contribution in [1.29, 1.82) is 0 Å². The van der Waals surface area contributed by atoms with Crippen molar-refractivity contribution in [2.75, 3.05) is 24.5 Å². The number of benzene rings is 1. The van der Waals surface area contributed by atoms with E-state index in [4.69, 9.17) is 11.6 Å². The van der Waals surface area contributed by atoms with Gasteiger partial charge in [-0.1, -0.05) is 11.6 Å². The third kappa shape index (κ3) is 3.00. The van der Waals surface area contributed by atoms with Gasteiger partial charge in [0.1, 0.15) is 5.82 Å². The zero-order valence-corrected chi connectivity index (χ0v) is 10.6. The number of rotatable bonds is 1. The maximum atomic E-state index is 13.2. The molecule has 0 amide bonds. The fourth-order valence-corrected chi connectivity index (χ4v) is 2.15. The van der Waals surface area contributed by atoms with Gasteiger partial charge in [-0.15, -0.1) is 12.4 Å². The van der Waals surface area contributed by atoms with Crippen molar-refractivity contribution in [2.24, 2.45) is 0 Å². The van der Waals surface area contributed by atoms with Crippen LogP contribution in [0.25, 0.3) is 0 Å². The molecule has 1 aromatic carbocycles. The van der Waals surface area contributed by atoms with Gasteiger partial charge in [-0.25, -0.2) is 4.39 Å². The van der Waals surface area contributed by atoms with Crippen LogP contribution in [0.5, 0.6) is 0 Å². The van der Waals surface area contributed by atoms with Gasteiger partial charge in [0, 0.05) is 36.4 Å². The summed E-state index contributed by atoms with van der Waals surface area (Å²) in [4.78, 5) is 2.17. The van der Waals surface area contributed by atoms with Crippen LogP contribution in [0.4, 0.5) is 10.1 Å². The van der Waals surface area contributed by atoms with E-state index in [1.165, 1.54) is 12.1 Å². The number of nitrogens with zero attached hydrogens (tertiary/aromatic N) is 1. The summed E-state index contributed by atoms with van der Waals surface area (Å²) >= 11 is 5.83. The van der Waals surface area contributed by atoms with Crippen LogP contribution < -0.4 is 10.2 Å². The van der Waals surface area contributed by atoms with Crippen molar-refractivity contribution >= 4 is 29.7 Å². The van der Waals surface area contributed by atoms with Gasteiger partial charge in [0.2, 0.25) is 0 Å². The Morgan fingerprint density at radius 1 is 1.44 bits per heavy atom. The molecule has 1 aliphatic rings. The first kappa shape index (κ1) is 13.6. The fraction of sp³-hybridized carbons (Fsp3) is 0.455. The Bertz CT molecular complexity index is 340. The molecule has 1 aliphatic heterocycles. The molecule has 5 heteroatoms.